The maximum absolute atomic E-state index is 12.1. The van der Waals surface area contributed by atoms with Crippen molar-refractivity contribution in [3.05, 3.63) is 117 Å². The third-order valence-corrected chi connectivity index (χ3v) is 7.07. The van der Waals surface area contributed by atoms with E-state index in [1.807, 2.05) is 108 Å². The first-order chi connectivity index (χ1) is 18.9. The molecule has 0 unspecified atom stereocenters. The SMILES string of the molecule is O=c1oc2ccc(Br)cc2c2cc3ccccc3n12.Oc1ccc(Br)cc1-c1cc2ccccc2[nH]1.[2H]CI. The molecule has 0 radical (unpaired) electrons. The zero-order chi connectivity index (χ0) is 27.5. The van der Waals surface area contributed by atoms with Crippen molar-refractivity contribution < 1.29 is 10.9 Å². The first kappa shape index (κ1) is 25.2. The molecule has 0 atom stereocenters. The summed E-state index contributed by atoms with van der Waals surface area (Å²) >= 11 is 8.82. The van der Waals surface area contributed by atoms with Gasteiger partial charge >= 0.3 is 5.76 Å². The fourth-order valence-corrected chi connectivity index (χ4v) is 5.15. The van der Waals surface area contributed by atoms with Crippen LogP contribution in [-0.4, -0.2) is 19.4 Å². The van der Waals surface area contributed by atoms with Gasteiger partial charge in [0, 0.05) is 37.6 Å². The monoisotopic (exact) mass is 743 g/mol. The van der Waals surface area contributed by atoms with E-state index in [1.54, 1.807) is 16.5 Å². The predicted molar refractivity (Wildman–Crippen MR) is 172 cm³/mol. The maximum Gasteiger partial charge on any atom is 0.424 e. The molecule has 8 heteroatoms. The number of rotatable bonds is 1. The van der Waals surface area contributed by atoms with Gasteiger partial charge in [-0.1, -0.05) is 90.8 Å². The Labute approximate surface area is 249 Å². The van der Waals surface area contributed by atoms with Crippen LogP contribution in [0.3, 0.4) is 0 Å². The van der Waals surface area contributed by atoms with E-state index < -0.39 is 0 Å². The number of para-hydroxylation sites is 2. The van der Waals surface area contributed by atoms with Crippen LogP contribution in [0.25, 0.3) is 49.5 Å². The number of aromatic nitrogens is 2. The van der Waals surface area contributed by atoms with Gasteiger partial charge in [-0.3, -0.25) is 0 Å². The van der Waals surface area contributed by atoms with Gasteiger partial charge < -0.3 is 14.5 Å². The van der Waals surface area contributed by atoms with Gasteiger partial charge in [0.2, 0.25) is 0 Å². The Morgan fingerprint density at radius 1 is 0.868 bits per heavy atom. The summed E-state index contributed by atoms with van der Waals surface area (Å²) in [6.07, 6.45) is 0. The Morgan fingerprint density at radius 2 is 1.55 bits per heavy atom. The molecule has 0 saturated heterocycles. The number of H-pyrrole nitrogens is 1. The Hall–Kier alpha value is -3.08. The van der Waals surface area contributed by atoms with Crippen LogP contribution in [-0.2, 0) is 0 Å². The standard InChI is InChI=1S/C15H8BrNO2.C14H10BrNO.CH3I/c16-10-5-6-14-11(8-10)13-7-9-3-1-2-4-12(9)17(13)15(18)19-14;15-10-5-6-14(17)11(8-10)13-7-9-3-1-2-4-12(9)16-13;1-2/h1-8H;1-8,16-17H;1H3/i;;1D. The second kappa shape index (κ2) is 11.3. The van der Waals surface area contributed by atoms with Crippen LogP contribution in [0.5, 0.6) is 5.75 Å². The Bertz CT molecular complexity index is 1970. The number of hydrogen-bond acceptors (Lipinski definition) is 3. The van der Waals surface area contributed by atoms with E-state index in [1.165, 1.54) is 0 Å². The zero-order valence-electron chi connectivity index (χ0n) is 20.8. The molecule has 0 aliphatic carbocycles. The highest BCUT2D eigenvalue weighted by atomic mass is 127. The molecule has 0 saturated carbocycles. The molecule has 4 aromatic carbocycles. The van der Waals surface area contributed by atoms with Crippen LogP contribution < -0.4 is 5.76 Å². The molecule has 0 fully saturated rings. The van der Waals surface area contributed by atoms with Crippen molar-refractivity contribution in [3.63, 3.8) is 0 Å². The summed E-state index contributed by atoms with van der Waals surface area (Å²) in [6.45, 7) is 0. The number of phenolic OH excluding ortho intramolecular Hbond substituents is 1. The molecule has 7 rings (SSSR count). The lowest BCUT2D eigenvalue weighted by atomic mass is 10.1. The molecule has 5 nitrogen and oxygen atoms in total. The first-order valence-electron chi connectivity index (χ1n) is 12.1. The number of aromatic hydroxyl groups is 1. The largest absolute Gasteiger partial charge is 0.507 e. The average Bonchev–Trinajstić information content (AvgIpc) is 3.54. The predicted octanol–water partition coefficient (Wildman–Crippen LogP) is 9.32. The summed E-state index contributed by atoms with van der Waals surface area (Å²) in [6, 6.07) is 30.9. The summed E-state index contributed by atoms with van der Waals surface area (Å²) < 4.78 is 15.1. The van der Waals surface area contributed by atoms with Crippen LogP contribution in [0.2, 0.25) is 0 Å². The topological polar surface area (TPSA) is 70.6 Å². The number of halogens is 3. The van der Waals surface area contributed by atoms with Gasteiger partial charge in [-0.25, -0.2) is 9.20 Å². The molecule has 0 spiro atoms. The second-order valence-electron chi connectivity index (χ2n) is 8.36. The molecule has 38 heavy (non-hydrogen) atoms. The summed E-state index contributed by atoms with van der Waals surface area (Å²) in [5.41, 5.74) is 5.13. The molecule has 0 aliphatic rings. The lowest BCUT2D eigenvalue weighted by Gasteiger charge is -2.02. The minimum absolute atomic E-state index is 0.278. The molecule has 7 aromatic rings. The molecular weight excluding hydrogens is 723 g/mol. The van der Waals surface area contributed by atoms with E-state index in [2.05, 4.69) is 36.8 Å². The van der Waals surface area contributed by atoms with E-state index in [4.69, 9.17) is 5.79 Å². The van der Waals surface area contributed by atoms with Crippen molar-refractivity contribution in [1.82, 2.24) is 9.38 Å². The number of alkyl halides is 1. The van der Waals surface area contributed by atoms with Crippen LogP contribution in [0.15, 0.2) is 115 Å². The van der Waals surface area contributed by atoms with E-state index >= 15 is 0 Å². The second-order valence-corrected chi connectivity index (χ2v) is 10.2. The highest BCUT2D eigenvalue weighted by Crippen LogP contribution is 2.33. The van der Waals surface area contributed by atoms with E-state index in [0.29, 0.717) is 10.5 Å². The van der Waals surface area contributed by atoms with Gasteiger partial charge in [0.1, 0.15) is 11.3 Å². The minimum Gasteiger partial charge on any atom is -0.507 e. The van der Waals surface area contributed by atoms with Gasteiger partial charge in [0.15, 0.2) is 0 Å². The van der Waals surface area contributed by atoms with Crippen LogP contribution in [0, 0.1) is 0 Å². The molecule has 0 bridgehead atoms. The highest BCUT2D eigenvalue weighted by molar-refractivity contribution is 14.1. The van der Waals surface area contributed by atoms with E-state index in [-0.39, 0.29) is 11.5 Å². The third kappa shape index (κ3) is 5.12. The van der Waals surface area contributed by atoms with Crippen molar-refractivity contribution >= 4 is 92.7 Å². The van der Waals surface area contributed by atoms with Gasteiger partial charge in [-0.2, -0.15) is 0 Å². The van der Waals surface area contributed by atoms with Crippen molar-refractivity contribution in [1.29, 1.82) is 0 Å². The fourth-order valence-electron chi connectivity index (χ4n) is 4.42. The third-order valence-electron chi connectivity index (χ3n) is 6.09. The molecule has 0 aliphatic heterocycles. The number of benzene rings is 4. The lowest BCUT2D eigenvalue weighted by molar-refractivity contribution is 0.477. The summed E-state index contributed by atoms with van der Waals surface area (Å²) in [4.78, 5) is 15.9. The van der Waals surface area contributed by atoms with Crippen molar-refractivity contribution in [3.8, 4) is 17.0 Å². The Balaban J connectivity index is 0.000000145. The number of aromatic amines is 1. The molecule has 0 amide bonds. The smallest absolute Gasteiger partial charge is 0.424 e. The van der Waals surface area contributed by atoms with Crippen LogP contribution in [0.1, 0.15) is 1.37 Å². The average molecular weight is 745 g/mol. The van der Waals surface area contributed by atoms with Gasteiger partial charge in [0.05, 0.1) is 16.7 Å². The van der Waals surface area contributed by atoms with Crippen molar-refractivity contribution in [2.24, 2.45) is 0 Å². The minimum atomic E-state index is -0.356. The highest BCUT2D eigenvalue weighted by Gasteiger charge is 2.11. The Kier molecular flexibility index (Phi) is 7.53. The fraction of sp³-hybridized carbons (Fsp3) is 0.0333. The van der Waals surface area contributed by atoms with E-state index in [0.717, 1.165) is 52.9 Å². The van der Waals surface area contributed by atoms with Gasteiger partial charge in [-0.05, 0) is 65.6 Å². The normalized spacial score (nSPS) is 11.2. The number of nitrogens with zero attached hydrogens (tertiary/aromatic N) is 1. The molecule has 2 N–H and O–H groups in total. The Morgan fingerprint density at radius 3 is 2.34 bits per heavy atom. The number of fused-ring (bicyclic) bond motifs is 6. The van der Waals surface area contributed by atoms with Crippen molar-refractivity contribution in [2.45, 2.75) is 0 Å². The summed E-state index contributed by atoms with van der Waals surface area (Å²) in [5.74, 6) is -0.0780. The van der Waals surface area contributed by atoms with E-state index in [9.17, 15) is 9.90 Å². The van der Waals surface area contributed by atoms with Crippen molar-refractivity contribution in [2.75, 3.05) is 4.91 Å². The zero-order valence-corrected chi connectivity index (χ0v) is 25.1. The quantitative estimate of drug-likeness (QED) is 0.130. The molecule has 3 heterocycles. The molecule has 190 valence electrons. The lowest BCUT2D eigenvalue weighted by Crippen LogP contribution is -2.10. The first-order valence-corrected chi connectivity index (χ1v) is 14.5. The molecular formula is C30H21Br2IN2O3. The van der Waals surface area contributed by atoms with Gasteiger partial charge in [-0.15, -0.1) is 0 Å². The number of phenols is 1. The number of hydrogen-bond donors (Lipinski definition) is 2. The van der Waals surface area contributed by atoms with Crippen LogP contribution in [0.4, 0.5) is 0 Å². The summed E-state index contributed by atoms with van der Waals surface area (Å²) in [5, 5.41) is 13.0. The molecule has 3 aromatic heterocycles. The number of nitrogens with one attached hydrogen (secondary N) is 1. The van der Waals surface area contributed by atoms with Crippen LogP contribution >= 0.6 is 54.5 Å². The van der Waals surface area contributed by atoms with Gasteiger partial charge in [0.25, 0.3) is 0 Å². The maximum atomic E-state index is 12.1. The summed E-state index contributed by atoms with van der Waals surface area (Å²) in [7, 11) is 0.